The summed E-state index contributed by atoms with van der Waals surface area (Å²) < 4.78 is 5.09. The molecule has 3 N–H and O–H groups in total. The van der Waals surface area contributed by atoms with Crippen LogP contribution in [-0.4, -0.2) is 30.7 Å². The highest BCUT2D eigenvalue weighted by Gasteiger charge is 2.29. The smallest absolute Gasteiger partial charge is 0.240 e. The Hall–Kier alpha value is -1.91. The first-order valence-electron chi connectivity index (χ1n) is 5.56. The number of rotatable bonds is 3. The second kappa shape index (κ2) is 4.53. The van der Waals surface area contributed by atoms with E-state index in [2.05, 4.69) is 0 Å². The number of phenols is 1. The third-order valence-electron chi connectivity index (χ3n) is 3.02. The highest BCUT2D eigenvalue weighted by molar-refractivity contribution is 5.84. The third kappa shape index (κ3) is 2.27. The first kappa shape index (κ1) is 11.6. The SMILES string of the molecule is COc1cc(O)cc(N2CCCC2C(N)=O)c1. The van der Waals surface area contributed by atoms with Crippen LogP contribution in [0.5, 0.6) is 11.5 Å². The van der Waals surface area contributed by atoms with E-state index in [9.17, 15) is 9.90 Å². The standard InChI is InChI=1S/C12H16N2O3/c1-17-10-6-8(5-9(15)7-10)14-4-2-3-11(14)12(13)16/h5-7,11,15H,2-4H2,1H3,(H2,13,16). The van der Waals surface area contributed by atoms with Gasteiger partial charge in [-0.05, 0) is 12.8 Å². The number of benzene rings is 1. The fourth-order valence-corrected chi connectivity index (χ4v) is 2.22. The minimum atomic E-state index is -0.329. The van der Waals surface area contributed by atoms with Crippen molar-refractivity contribution in [1.82, 2.24) is 0 Å². The Balaban J connectivity index is 2.32. The van der Waals surface area contributed by atoms with E-state index in [-0.39, 0.29) is 17.7 Å². The quantitative estimate of drug-likeness (QED) is 0.816. The van der Waals surface area contributed by atoms with Crippen LogP contribution >= 0.6 is 0 Å². The number of amides is 1. The van der Waals surface area contributed by atoms with E-state index in [1.165, 1.54) is 13.2 Å². The zero-order valence-electron chi connectivity index (χ0n) is 9.72. The fraction of sp³-hybridized carbons (Fsp3) is 0.417. The van der Waals surface area contributed by atoms with Crippen molar-refractivity contribution in [1.29, 1.82) is 0 Å². The van der Waals surface area contributed by atoms with Crippen molar-refractivity contribution in [2.24, 2.45) is 5.73 Å². The molecule has 0 aliphatic carbocycles. The average Bonchev–Trinajstić information content (AvgIpc) is 2.77. The summed E-state index contributed by atoms with van der Waals surface area (Å²) in [4.78, 5) is 13.2. The molecule has 92 valence electrons. The van der Waals surface area contributed by atoms with Crippen molar-refractivity contribution in [2.75, 3.05) is 18.6 Å². The molecule has 5 nitrogen and oxygen atoms in total. The molecule has 17 heavy (non-hydrogen) atoms. The van der Waals surface area contributed by atoms with Crippen LogP contribution in [0.25, 0.3) is 0 Å². The van der Waals surface area contributed by atoms with Gasteiger partial charge >= 0.3 is 0 Å². The molecule has 5 heteroatoms. The van der Waals surface area contributed by atoms with E-state index in [0.29, 0.717) is 5.75 Å². The largest absolute Gasteiger partial charge is 0.508 e. The third-order valence-corrected chi connectivity index (χ3v) is 3.02. The van der Waals surface area contributed by atoms with Gasteiger partial charge in [0.05, 0.1) is 7.11 Å². The molecule has 1 heterocycles. The van der Waals surface area contributed by atoms with Gasteiger partial charge in [0.1, 0.15) is 17.5 Å². The van der Waals surface area contributed by atoms with Crippen molar-refractivity contribution in [3.63, 3.8) is 0 Å². The van der Waals surface area contributed by atoms with E-state index in [1.54, 1.807) is 12.1 Å². The summed E-state index contributed by atoms with van der Waals surface area (Å²) in [5.74, 6) is 0.356. The Morgan fingerprint density at radius 1 is 1.53 bits per heavy atom. The second-order valence-corrected chi connectivity index (χ2v) is 4.14. The first-order chi connectivity index (χ1) is 8.11. The maximum absolute atomic E-state index is 11.3. The number of ether oxygens (including phenoxy) is 1. The normalized spacial score (nSPS) is 19.4. The Morgan fingerprint density at radius 3 is 2.94 bits per heavy atom. The van der Waals surface area contributed by atoms with E-state index < -0.39 is 0 Å². The number of anilines is 1. The van der Waals surface area contributed by atoms with E-state index in [4.69, 9.17) is 10.5 Å². The van der Waals surface area contributed by atoms with E-state index in [1.807, 2.05) is 4.90 Å². The van der Waals surface area contributed by atoms with Gasteiger partial charge < -0.3 is 20.5 Å². The summed E-state index contributed by atoms with van der Waals surface area (Å²) in [5.41, 5.74) is 6.13. The Bertz CT molecular complexity index is 434. The van der Waals surface area contributed by atoms with Gasteiger partial charge in [-0.2, -0.15) is 0 Å². The molecule has 1 aromatic carbocycles. The van der Waals surface area contributed by atoms with Crippen LogP contribution in [0.3, 0.4) is 0 Å². The lowest BCUT2D eigenvalue weighted by Gasteiger charge is -2.24. The number of nitrogens with two attached hydrogens (primary N) is 1. The van der Waals surface area contributed by atoms with Crippen LogP contribution in [0, 0.1) is 0 Å². The lowest BCUT2D eigenvalue weighted by atomic mass is 10.2. The van der Waals surface area contributed by atoms with Gasteiger partial charge in [0.2, 0.25) is 5.91 Å². The van der Waals surface area contributed by atoms with Crippen LogP contribution in [0.2, 0.25) is 0 Å². The zero-order chi connectivity index (χ0) is 12.4. The number of methoxy groups -OCH3 is 1. The van der Waals surface area contributed by atoms with Crippen LogP contribution in [-0.2, 0) is 4.79 Å². The van der Waals surface area contributed by atoms with Gasteiger partial charge in [-0.1, -0.05) is 0 Å². The lowest BCUT2D eigenvalue weighted by molar-refractivity contribution is -0.119. The molecule has 1 saturated heterocycles. The summed E-state index contributed by atoms with van der Waals surface area (Å²) in [6.45, 7) is 0.764. The van der Waals surface area contributed by atoms with Gasteiger partial charge in [-0.15, -0.1) is 0 Å². The molecule has 0 radical (unpaired) electrons. The van der Waals surface area contributed by atoms with Crippen molar-refractivity contribution in [2.45, 2.75) is 18.9 Å². The number of carbonyl (C=O) groups is 1. The molecule has 1 amide bonds. The highest BCUT2D eigenvalue weighted by Crippen LogP contribution is 2.32. The lowest BCUT2D eigenvalue weighted by Crippen LogP contribution is -2.40. The van der Waals surface area contributed by atoms with Crippen LogP contribution in [0.15, 0.2) is 18.2 Å². The molecule has 1 aliphatic rings. The number of nitrogens with zero attached hydrogens (tertiary/aromatic N) is 1. The van der Waals surface area contributed by atoms with Crippen molar-refractivity contribution in [3.05, 3.63) is 18.2 Å². The molecule has 0 aromatic heterocycles. The van der Waals surface area contributed by atoms with Crippen LogP contribution < -0.4 is 15.4 Å². The molecular formula is C12H16N2O3. The number of phenolic OH excluding ortho intramolecular Hbond substituents is 1. The molecule has 0 bridgehead atoms. The molecule has 1 atom stereocenters. The van der Waals surface area contributed by atoms with Gasteiger partial charge in [-0.3, -0.25) is 4.79 Å². The van der Waals surface area contributed by atoms with Gasteiger partial charge in [-0.25, -0.2) is 0 Å². The summed E-state index contributed by atoms with van der Waals surface area (Å²) in [6.07, 6.45) is 1.68. The molecular weight excluding hydrogens is 220 g/mol. The molecule has 2 rings (SSSR count). The Labute approximate surface area is 99.8 Å². The van der Waals surface area contributed by atoms with E-state index >= 15 is 0 Å². The predicted molar refractivity (Wildman–Crippen MR) is 64.2 cm³/mol. The fourth-order valence-electron chi connectivity index (χ4n) is 2.22. The van der Waals surface area contributed by atoms with Gasteiger partial charge in [0, 0.05) is 30.4 Å². The Morgan fingerprint density at radius 2 is 2.29 bits per heavy atom. The minimum Gasteiger partial charge on any atom is -0.508 e. The summed E-state index contributed by atoms with van der Waals surface area (Å²) in [5, 5.41) is 9.59. The minimum absolute atomic E-state index is 0.120. The topological polar surface area (TPSA) is 75.8 Å². The average molecular weight is 236 g/mol. The zero-order valence-corrected chi connectivity index (χ0v) is 9.72. The number of hydrogen-bond donors (Lipinski definition) is 2. The maximum atomic E-state index is 11.3. The van der Waals surface area contributed by atoms with Gasteiger partial charge in [0.15, 0.2) is 0 Å². The monoisotopic (exact) mass is 236 g/mol. The highest BCUT2D eigenvalue weighted by atomic mass is 16.5. The summed E-state index contributed by atoms with van der Waals surface area (Å²) in [6, 6.07) is 4.64. The second-order valence-electron chi connectivity index (χ2n) is 4.14. The van der Waals surface area contributed by atoms with Crippen molar-refractivity contribution in [3.8, 4) is 11.5 Å². The molecule has 1 fully saturated rings. The number of aromatic hydroxyl groups is 1. The van der Waals surface area contributed by atoms with Crippen molar-refractivity contribution >= 4 is 11.6 Å². The Kier molecular flexibility index (Phi) is 3.08. The molecule has 1 aromatic rings. The molecule has 1 unspecified atom stereocenters. The number of primary amides is 1. The predicted octanol–water partition coefficient (Wildman–Crippen LogP) is 0.855. The molecule has 0 spiro atoms. The molecule has 0 saturated carbocycles. The first-order valence-corrected chi connectivity index (χ1v) is 5.56. The van der Waals surface area contributed by atoms with Crippen LogP contribution in [0.1, 0.15) is 12.8 Å². The van der Waals surface area contributed by atoms with Gasteiger partial charge in [0.25, 0.3) is 0 Å². The molecule has 1 aliphatic heterocycles. The van der Waals surface area contributed by atoms with Crippen LogP contribution in [0.4, 0.5) is 5.69 Å². The number of hydrogen-bond acceptors (Lipinski definition) is 4. The summed E-state index contributed by atoms with van der Waals surface area (Å²) in [7, 11) is 1.54. The maximum Gasteiger partial charge on any atom is 0.240 e. The number of carbonyl (C=O) groups excluding carboxylic acids is 1. The van der Waals surface area contributed by atoms with E-state index in [0.717, 1.165) is 25.1 Å². The van der Waals surface area contributed by atoms with Crippen molar-refractivity contribution < 1.29 is 14.6 Å². The summed E-state index contributed by atoms with van der Waals surface area (Å²) >= 11 is 0.